The highest BCUT2D eigenvalue weighted by atomic mass is 16.2. The molecule has 23 heavy (non-hydrogen) atoms. The molecule has 0 aliphatic rings. The number of tetrazole rings is 1. The molecule has 8 heteroatoms. The number of nitrogens with one attached hydrogen (secondary N) is 1. The van der Waals surface area contributed by atoms with Crippen LogP contribution in [0.4, 0.5) is 0 Å². The Balaban J connectivity index is 1.70. The van der Waals surface area contributed by atoms with Gasteiger partial charge in [-0.1, -0.05) is 30.3 Å². The molecule has 0 aliphatic carbocycles. The molecule has 0 bridgehead atoms. The highest BCUT2D eigenvalue weighted by molar-refractivity contribution is 5.92. The monoisotopic (exact) mass is 311 g/mol. The Bertz CT molecular complexity index is 791. The number of amides is 1. The molecule has 0 fully saturated rings. The number of carbonyl (C=O) groups excluding carboxylic acids is 1. The molecule has 3 aromatic rings. The third-order valence-corrected chi connectivity index (χ3v) is 3.05. The Morgan fingerprint density at radius 1 is 1.17 bits per heavy atom. The topological polar surface area (TPSA) is 90.5 Å². The number of carbonyl (C=O) groups is 1. The predicted octanol–water partition coefficient (Wildman–Crippen LogP) is 1.18. The second-order valence-electron chi connectivity index (χ2n) is 5.36. The lowest BCUT2D eigenvalue weighted by Crippen LogP contribution is -2.30. The number of benzene rings is 1. The molecule has 0 spiro atoms. The number of aromatic nitrogens is 6. The van der Waals surface area contributed by atoms with E-state index >= 15 is 0 Å². The van der Waals surface area contributed by atoms with Gasteiger partial charge in [0.1, 0.15) is 5.69 Å². The van der Waals surface area contributed by atoms with Gasteiger partial charge in [0.05, 0.1) is 0 Å². The van der Waals surface area contributed by atoms with Crippen LogP contribution in [0.1, 0.15) is 24.3 Å². The van der Waals surface area contributed by atoms with E-state index in [1.807, 2.05) is 44.2 Å². The first-order chi connectivity index (χ1) is 11.1. The standard InChI is InChI=1S/C15H17N7O/c1-11(2)16-15(23)13-8-9-21(18-13)10-22-19-14(17-20-22)12-6-4-3-5-7-12/h3-9,11H,10H2,1-2H3,(H,16,23). The zero-order chi connectivity index (χ0) is 16.2. The number of nitrogens with zero attached hydrogens (tertiary/aromatic N) is 6. The van der Waals surface area contributed by atoms with Crippen molar-refractivity contribution in [2.24, 2.45) is 0 Å². The minimum atomic E-state index is -0.199. The molecular formula is C15H17N7O. The van der Waals surface area contributed by atoms with Crippen LogP contribution in [0.2, 0.25) is 0 Å². The van der Waals surface area contributed by atoms with Gasteiger partial charge in [-0.3, -0.25) is 4.79 Å². The normalized spacial score (nSPS) is 10.9. The quantitative estimate of drug-likeness (QED) is 0.764. The molecule has 0 unspecified atom stereocenters. The van der Waals surface area contributed by atoms with Gasteiger partial charge in [0, 0.05) is 17.8 Å². The van der Waals surface area contributed by atoms with Crippen LogP contribution in [-0.2, 0) is 6.67 Å². The van der Waals surface area contributed by atoms with E-state index in [4.69, 9.17) is 0 Å². The van der Waals surface area contributed by atoms with Gasteiger partial charge in [-0.05, 0) is 25.1 Å². The van der Waals surface area contributed by atoms with Crippen LogP contribution in [0.3, 0.4) is 0 Å². The van der Waals surface area contributed by atoms with Gasteiger partial charge in [-0.2, -0.15) is 5.10 Å². The number of hydrogen-bond acceptors (Lipinski definition) is 5. The summed E-state index contributed by atoms with van der Waals surface area (Å²) in [6.45, 7) is 4.09. The molecule has 1 aromatic carbocycles. The van der Waals surface area contributed by atoms with Crippen LogP contribution in [0.15, 0.2) is 42.6 Å². The van der Waals surface area contributed by atoms with E-state index < -0.39 is 0 Å². The molecule has 8 nitrogen and oxygen atoms in total. The highest BCUT2D eigenvalue weighted by Crippen LogP contribution is 2.11. The smallest absolute Gasteiger partial charge is 0.271 e. The number of rotatable bonds is 5. The first kappa shape index (κ1) is 14.9. The summed E-state index contributed by atoms with van der Waals surface area (Å²) >= 11 is 0. The summed E-state index contributed by atoms with van der Waals surface area (Å²) in [5.41, 5.74) is 1.26. The van der Waals surface area contributed by atoms with Crippen molar-refractivity contribution in [3.8, 4) is 11.4 Å². The maximum absolute atomic E-state index is 11.9. The Morgan fingerprint density at radius 3 is 2.70 bits per heavy atom. The van der Waals surface area contributed by atoms with E-state index in [-0.39, 0.29) is 18.6 Å². The largest absolute Gasteiger partial charge is 0.348 e. The molecular weight excluding hydrogens is 294 g/mol. The van der Waals surface area contributed by atoms with Gasteiger partial charge < -0.3 is 5.32 Å². The first-order valence-electron chi connectivity index (χ1n) is 7.29. The summed E-state index contributed by atoms with van der Waals surface area (Å²) < 4.78 is 1.59. The van der Waals surface area contributed by atoms with Crippen LogP contribution in [0.25, 0.3) is 11.4 Å². The summed E-state index contributed by atoms with van der Waals surface area (Å²) in [5.74, 6) is 0.353. The second-order valence-corrected chi connectivity index (χ2v) is 5.36. The lowest BCUT2D eigenvalue weighted by molar-refractivity contribution is 0.0937. The van der Waals surface area contributed by atoms with Crippen molar-refractivity contribution in [2.75, 3.05) is 0 Å². The van der Waals surface area contributed by atoms with E-state index in [1.54, 1.807) is 16.9 Å². The molecule has 3 rings (SSSR count). The second kappa shape index (κ2) is 6.39. The van der Waals surface area contributed by atoms with Crippen LogP contribution in [-0.4, -0.2) is 41.9 Å². The summed E-state index contributed by atoms with van der Waals surface area (Å²) in [4.78, 5) is 13.3. The third kappa shape index (κ3) is 3.60. The van der Waals surface area contributed by atoms with E-state index in [0.29, 0.717) is 11.5 Å². The molecule has 0 saturated heterocycles. The van der Waals surface area contributed by atoms with E-state index in [9.17, 15) is 4.79 Å². The Hall–Kier alpha value is -3.03. The van der Waals surface area contributed by atoms with E-state index in [1.165, 1.54) is 4.80 Å². The van der Waals surface area contributed by atoms with Crippen molar-refractivity contribution >= 4 is 5.91 Å². The van der Waals surface area contributed by atoms with Crippen molar-refractivity contribution in [2.45, 2.75) is 26.6 Å². The van der Waals surface area contributed by atoms with Crippen molar-refractivity contribution < 1.29 is 4.79 Å². The average Bonchev–Trinajstić information content (AvgIpc) is 3.17. The van der Waals surface area contributed by atoms with Crippen molar-refractivity contribution in [1.29, 1.82) is 0 Å². The maximum Gasteiger partial charge on any atom is 0.271 e. The Kier molecular flexibility index (Phi) is 4.13. The van der Waals surface area contributed by atoms with Gasteiger partial charge in [-0.15, -0.1) is 15.0 Å². The van der Waals surface area contributed by atoms with Gasteiger partial charge in [-0.25, -0.2) is 4.68 Å². The third-order valence-electron chi connectivity index (χ3n) is 3.05. The van der Waals surface area contributed by atoms with E-state index in [0.717, 1.165) is 5.56 Å². The fourth-order valence-corrected chi connectivity index (χ4v) is 2.03. The zero-order valence-corrected chi connectivity index (χ0v) is 12.9. The first-order valence-corrected chi connectivity index (χ1v) is 7.29. The minimum absolute atomic E-state index is 0.0677. The highest BCUT2D eigenvalue weighted by Gasteiger charge is 2.11. The fraction of sp³-hybridized carbons (Fsp3) is 0.267. The SMILES string of the molecule is CC(C)NC(=O)c1ccn(Cn2nnc(-c3ccccc3)n2)n1. The van der Waals surface area contributed by atoms with Gasteiger partial charge in [0.25, 0.3) is 5.91 Å². The van der Waals surface area contributed by atoms with Crippen molar-refractivity contribution in [3.63, 3.8) is 0 Å². The summed E-state index contributed by atoms with van der Waals surface area (Å²) in [6, 6.07) is 11.3. The summed E-state index contributed by atoms with van der Waals surface area (Å²) in [5, 5.41) is 19.4. The minimum Gasteiger partial charge on any atom is -0.348 e. The molecule has 1 N–H and O–H groups in total. The Labute approximate surface area is 133 Å². The van der Waals surface area contributed by atoms with Crippen LogP contribution >= 0.6 is 0 Å². The molecule has 0 radical (unpaired) electrons. The predicted molar refractivity (Wildman–Crippen MR) is 83.5 cm³/mol. The van der Waals surface area contributed by atoms with Crippen LogP contribution in [0.5, 0.6) is 0 Å². The van der Waals surface area contributed by atoms with Crippen molar-refractivity contribution in [1.82, 2.24) is 35.3 Å². The van der Waals surface area contributed by atoms with Crippen LogP contribution in [0, 0.1) is 0 Å². The molecule has 2 aromatic heterocycles. The lowest BCUT2D eigenvalue weighted by Gasteiger charge is -2.05. The van der Waals surface area contributed by atoms with E-state index in [2.05, 4.69) is 25.8 Å². The maximum atomic E-state index is 11.9. The van der Waals surface area contributed by atoms with Crippen molar-refractivity contribution in [3.05, 3.63) is 48.3 Å². The summed E-state index contributed by atoms with van der Waals surface area (Å²) in [7, 11) is 0. The van der Waals surface area contributed by atoms with Gasteiger partial charge >= 0.3 is 0 Å². The van der Waals surface area contributed by atoms with Gasteiger partial charge in [0.2, 0.25) is 5.82 Å². The average molecular weight is 311 g/mol. The zero-order valence-electron chi connectivity index (χ0n) is 12.9. The fourth-order valence-electron chi connectivity index (χ4n) is 2.03. The molecule has 118 valence electrons. The molecule has 2 heterocycles. The van der Waals surface area contributed by atoms with Gasteiger partial charge in [0.15, 0.2) is 6.67 Å². The molecule has 0 saturated carbocycles. The number of hydrogen-bond donors (Lipinski definition) is 1. The summed E-state index contributed by atoms with van der Waals surface area (Å²) in [6.07, 6.45) is 1.71. The Morgan fingerprint density at radius 2 is 1.96 bits per heavy atom. The molecule has 1 amide bonds. The molecule has 0 atom stereocenters. The molecule has 0 aliphatic heterocycles. The lowest BCUT2D eigenvalue weighted by atomic mass is 10.2. The van der Waals surface area contributed by atoms with Crippen LogP contribution < -0.4 is 5.32 Å².